The Balaban J connectivity index is 1.94. The molecule has 2 aliphatic heterocycles. The van der Waals surface area contributed by atoms with Gasteiger partial charge in [0.15, 0.2) is 0 Å². The summed E-state index contributed by atoms with van der Waals surface area (Å²) < 4.78 is 0. The Bertz CT molecular complexity index is 1910. The standard InChI is InChI=1S/C34H38N4O6/c1-7-19-15(3)23-12-25-17(5)21(9-10-29(39)40)32(37-25)22(11-30(41)42)33-31(34(43)44)18(6)26(38-33)14-28-20(8-2)16(4)24(36-28)13-27(19)35-23/h7,12-14,17,21,35-38H,1,8-11H2,2-6H3,(H,39,40)(H,41,42)(H,43,44)/b24-13-,25-12+,28-14?,32-22?. The highest BCUT2D eigenvalue weighted by molar-refractivity contribution is 5.99. The summed E-state index contributed by atoms with van der Waals surface area (Å²) in [4.78, 5) is 47.0. The zero-order valence-electron chi connectivity index (χ0n) is 25.6. The summed E-state index contributed by atoms with van der Waals surface area (Å²) in [5, 5.41) is 35.1. The number of aliphatic carboxylic acids is 2. The topological polar surface area (TPSA) is 171 Å². The smallest absolute Gasteiger partial charge is 0.338 e. The lowest BCUT2D eigenvalue weighted by molar-refractivity contribution is -0.137. The van der Waals surface area contributed by atoms with Gasteiger partial charge in [0.25, 0.3) is 0 Å². The first-order chi connectivity index (χ1) is 20.9. The molecular formula is C34H38N4O6. The van der Waals surface area contributed by atoms with E-state index in [-0.39, 0.29) is 35.9 Å². The average molecular weight is 599 g/mol. The summed E-state index contributed by atoms with van der Waals surface area (Å²) in [6.07, 6.45) is 8.10. The number of rotatable bonds is 8. The van der Waals surface area contributed by atoms with Crippen molar-refractivity contribution in [3.05, 3.63) is 84.8 Å². The van der Waals surface area contributed by atoms with Crippen LogP contribution in [0.3, 0.4) is 0 Å². The lowest BCUT2D eigenvalue weighted by Crippen LogP contribution is -2.16. The molecule has 1 saturated heterocycles. The van der Waals surface area contributed by atoms with Gasteiger partial charge in [0.1, 0.15) is 0 Å². The Hall–Kier alpha value is -4.99. The normalized spacial score (nSPS) is 19.4. The lowest BCUT2D eigenvalue weighted by atomic mass is 9.85. The van der Waals surface area contributed by atoms with Crippen molar-refractivity contribution in [1.82, 2.24) is 20.3 Å². The molecule has 8 bridgehead atoms. The van der Waals surface area contributed by atoms with Crippen LogP contribution < -0.4 is 16.0 Å². The van der Waals surface area contributed by atoms with E-state index in [1.54, 1.807) is 6.92 Å². The zero-order chi connectivity index (χ0) is 32.0. The number of nitrogens with one attached hydrogen (secondary N) is 4. The van der Waals surface area contributed by atoms with Crippen LogP contribution in [-0.2, 0) is 16.0 Å². The summed E-state index contributed by atoms with van der Waals surface area (Å²) in [6.45, 7) is 13.8. The van der Waals surface area contributed by atoms with Crippen LogP contribution >= 0.6 is 0 Å². The number of aromatic nitrogens is 3. The van der Waals surface area contributed by atoms with E-state index in [4.69, 9.17) is 0 Å². The summed E-state index contributed by atoms with van der Waals surface area (Å²) in [7, 11) is 0. The van der Waals surface area contributed by atoms with Crippen molar-refractivity contribution < 1.29 is 29.7 Å². The van der Waals surface area contributed by atoms with Crippen LogP contribution in [0.4, 0.5) is 0 Å². The van der Waals surface area contributed by atoms with Crippen molar-refractivity contribution in [2.75, 3.05) is 0 Å². The Kier molecular flexibility index (Phi) is 8.03. The number of carboxylic acids is 3. The Morgan fingerprint density at radius 1 is 0.886 bits per heavy atom. The molecule has 0 saturated carbocycles. The Labute approximate surface area is 254 Å². The summed E-state index contributed by atoms with van der Waals surface area (Å²) >= 11 is 0. The van der Waals surface area contributed by atoms with Crippen LogP contribution in [-0.4, -0.2) is 48.2 Å². The molecule has 0 aromatic carbocycles. The average Bonchev–Trinajstić information content (AvgIpc) is 3.63. The molecule has 1 fully saturated rings. The second-order valence-corrected chi connectivity index (χ2v) is 11.6. The van der Waals surface area contributed by atoms with Gasteiger partial charge in [0.05, 0.1) is 17.7 Å². The zero-order valence-corrected chi connectivity index (χ0v) is 25.6. The van der Waals surface area contributed by atoms with Gasteiger partial charge < -0.3 is 35.6 Å². The van der Waals surface area contributed by atoms with Crippen LogP contribution in [0.2, 0.25) is 0 Å². The fraction of sp³-hybridized carbons (Fsp3) is 0.324. The summed E-state index contributed by atoms with van der Waals surface area (Å²) in [5.41, 5.74) is 8.56. The third kappa shape index (κ3) is 5.21. The molecule has 0 radical (unpaired) electrons. The van der Waals surface area contributed by atoms with Gasteiger partial charge in [-0.3, -0.25) is 9.59 Å². The second kappa shape index (κ2) is 11.6. The maximum Gasteiger partial charge on any atom is 0.338 e. The molecular weight excluding hydrogens is 560 g/mol. The van der Waals surface area contributed by atoms with Gasteiger partial charge in [0.2, 0.25) is 0 Å². The third-order valence-electron chi connectivity index (χ3n) is 9.12. The van der Waals surface area contributed by atoms with E-state index in [9.17, 15) is 29.7 Å². The second-order valence-electron chi connectivity index (χ2n) is 11.6. The largest absolute Gasteiger partial charge is 0.481 e. The predicted octanol–water partition coefficient (Wildman–Crippen LogP) is 4.42. The minimum Gasteiger partial charge on any atom is -0.481 e. The highest BCUT2D eigenvalue weighted by Gasteiger charge is 2.37. The molecule has 5 rings (SSSR count). The Morgan fingerprint density at radius 3 is 2.18 bits per heavy atom. The monoisotopic (exact) mass is 598 g/mol. The molecule has 3 aromatic rings. The van der Waals surface area contributed by atoms with Crippen LogP contribution in [0, 0.1) is 32.6 Å². The van der Waals surface area contributed by atoms with Crippen molar-refractivity contribution in [2.45, 2.75) is 60.3 Å². The van der Waals surface area contributed by atoms with Gasteiger partial charge in [-0.05, 0) is 74.1 Å². The van der Waals surface area contributed by atoms with E-state index in [1.807, 2.05) is 39.0 Å². The van der Waals surface area contributed by atoms with Crippen molar-refractivity contribution in [2.24, 2.45) is 11.8 Å². The van der Waals surface area contributed by atoms with Crippen LogP contribution in [0.25, 0.3) is 29.9 Å². The third-order valence-corrected chi connectivity index (χ3v) is 9.12. The highest BCUT2D eigenvalue weighted by Crippen LogP contribution is 2.42. The van der Waals surface area contributed by atoms with Crippen LogP contribution in [0.1, 0.15) is 94.1 Å². The molecule has 230 valence electrons. The van der Waals surface area contributed by atoms with Gasteiger partial charge in [-0.15, -0.1) is 0 Å². The first-order valence-electron chi connectivity index (χ1n) is 14.7. The molecule has 2 aliphatic rings. The summed E-state index contributed by atoms with van der Waals surface area (Å²) in [5.74, 6) is -3.87. The number of aromatic carboxylic acids is 1. The molecule has 2 atom stereocenters. The number of H-pyrrole nitrogens is 3. The molecule has 5 heterocycles. The van der Waals surface area contributed by atoms with E-state index in [2.05, 4.69) is 39.8 Å². The van der Waals surface area contributed by atoms with Gasteiger partial charge in [0, 0.05) is 68.6 Å². The van der Waals surface area contributed by atoms with Crippen molar-refractivity contribution >= 4 is 47.8 Å². The molecule has 0 spiro atoms. The molecule has 0 aliphatic carbocycles. The highest BCUT2D eigenvalue weighted by atomic mass is 16.4. The van der Waals surface area contributed by atoms with Crippen molar-refractivity contribution in [3.63, 3.8) is 0 Å². The van der Waals surface area contributed by atoms with Crippen LogP contribution in [0.15, 0.2) is 18.0 Å². The molecule has 10 nitrogen and oxygen atoms in total. The van der Waals surface area contributed by atoms with Crippen LogP contribution in [0.5, 0.6) is 0 Å². The van der Waals surface area contributed by atoms with E-state index in [0.717, 1.165) is 56.5 Å². The number of carboxylic acid groups (broad SMARTS) is 3. The molecule has 7 N–H and O–H groups in total. The van der Waals surface area contributed by atoms with Gasteiger partial charge >= 0.3 is 17.9 Å². The fourth-order valence-electron chi connectivity index (χ4n) is 6.71. The van der Waals surface area contributed by atoms with Gasteiger partial charge in [-0.25, -0.2) is 4.79 Å². The minimum absolute atomic E-state index is 0.0126. The van der Waals surface area contributed by atoms with Gasteiger partial charge in [-0.1, -0.05) is 26.5 Å². The maximum atomic E-state index is 12.7. The minimum atomic E-state index is -1.18. The molecule has 44 heavy (non-hydrogen) atoms. The predicted molar refractivity (Wildman–Crippen MR) is 169 cm³/mol. The number of hydrogen-bond acceptors (Lipinski definition) is 4. The number of carbonyl (C=O) groups is 3. The molecule has 0 amide bonds. The Morgan fingerprint density at radius 2 is 1.57 bits per heavy atom. The van der Waals surface area contributed by atoms with E-state index in [0.29, 0.717) is 22.5 Å². The maximum absolute atomic E-state index is 12.7. The van der Waals surface area contributed by atoms with Crippen molar-refractivity contribution in [1.29, 1.82) is 0 Å². The lowest BCUT2D eigenvalue weighted by Gasteiger charge is -2.18. The fourth-order valence-corrected chi connectivity index (χ4v) is 6.71. The number of hydrogen-bond donors (Lipinski definition) is 7. The molecule has 2 unspecified atom stereocenters. The van der Waals surface area contributed by atoms with Gasteiger partial charge in [-0.2, -0.15) is 0 Å². The first kappa shape index (κ1) is 30.5. The van der Waals surface area contributed by atoms with Crippen molar-refractivity contribution in [3.8, 4) is 0 Å². The first-order valence-corrected chi connectivity index (χ1v) is 14.7. The molecule has 10 heteroatoms. The summed E-state index contributed by atoms with van der Waals surface area (Å²) in [6, 6.07) is 0. The number of fused-ring (bicyclic) bond motifs is 8. The SMILES string of the molecule is C=Cc1c2[nH]c(c1C)/C=C1/NC(=C(CC(=O)O)c3[nH]c(c(C)c3C(=O)O)C=c3[nH]/c(c(C)c3CC)=C\2)C(CCC(=O)O)C1C. The van der Waals surface area contributed by atoms with E-state index >= 15 is 0 Å². The van der Waals surface area contributed by atoms with E-state index in [1.165, 1.54) is 0 Å². The van der Waals surface area contributed by atoms with E-state index < -0.39 is 24.3 Å². The number of aromatic amines is 3. The quantitative estimate of drug-likeness (QED) is 0.201. The number of allylic oxidation sites excluding steroid dienone is 2. The molecule has 3 aromatic heterocycles.